The molecule has 0 saturated carbocycles. The first kappa shape index (κ1) is 17.2. The summed E-state index contributed by atoms with van der Waals surface area (Å²) in [6, 6.07) is 3.64. The fourth-order valence-electron chi connectivity index (χ4n) is 2.18. The average Bonchev–Trinajstić information content (AvgIpc) is 2.68. The third-order valence-electron chi connectivity index (χ3n) is 3.42. The Hall–Kier alpha value is -1.14. The minimum absolute atomic E-state index is 0.0121. The van der Waals surface area contributed by atoms with Crippen LogP contribution in [0, 0.1) is 0 Å². The zero-order chi connectivity index (χ0) is 16.2. The molecular formula is C15H19ClF3NO2. The lowest BCUT2D eigenvalue weighted by Crippen LogP contribution is -2.26. The predicted octanol–water partition coefficient (Wildman–Crippen LogP) is 3.93. The molecule has 0 radical (unpaired) electrons. The molecule has 0 aliphatic carbocycles. The van der Waals surface area contributed by atoms with Gasteiger partial charge < -0.3 is 14.4 Å². The number of fused-ring (bicyclic) bond motifs is 1. The van der Waals surface area contributed by atoms with E-state index in [9.17, 15) is 13.2 Å². The van der Waals surface area contributed by atoms with Gasteiger partial charge in [0.05, 0.1) is 24.7 Å². The Morgan fingerprint density at radius 2 is 1.91 bits per heavy atom. The lowest BCUT2D eigenvalue weighted by molar-refractivity contribution is -0.137. The molecule has 0 atom stereocenters. The van der Waals surface area contributed by atoms with Gasteiger partial charge in [-0.1, -0.05) is 11.6 Å². The van der Waals surface area contributed by atoms with Gasteiger partial charge in [-0.3, -0.25) is 0 Å². The summed E-state index contributed by atoms with van der Waals surface area (Å²) < 4.78 is 47.7. The maximum Gasteiger partial charge on any atom is 0.390 e. The molecule has 1 aliphatic heterocycles. The Balaban J connectivity index is 1.93. The molecule has 0 unspecified atom stereocenters. The normalized spacial score (nSPS) is 15.0. The minimum Gasteiger partial charge on any atom is -0.489 e. The van der Waals surface area contributed by atoms with Crippen molar-refractivity contribution in [1.29, 1.82) is 0 Å². The summed E-state index contributed by atoms with van der Waals surface area (Å²) in [5.74, 6) is 1.16. The lowest BCUT2D eigenvalue weighted by atomic mass is 10.1. The van der Waals surface area contributed by atoms with E-state index in [-0.39, 0.29) is 6.54 Å². The lowest BCUT2D eigenvalue weighted by Gasteiger charge is -2.18. The molecule has 3 nitrogen and oxygen atoms in total. The molecule has 1 aromatic carbocycles. The monoisotopic (exact) mass is 337 g/mol. The van der Waals surface area contributed by atoms with Crippen molar-refractivity contribution in [2.24, 2.45) is 0 Å². The molecule has 1 aromatic rings. The SMILES string of the molecule is CN(CCc1cc(Cl)c2c(c1)OCCCO2)CCC(F)(F)F. The molecule has 22 heavy (non-hydrogen) atoms. The third kappa shape index (κ3) is 5.25. The van der Waals surface area contributed by atoms with Crippen LogP contribution in [0.4, 0.5) is 13.2 Å². The highest BCUT2D eigenvalue weighted by atomic mass is 35.5. The van der Waals surface area contributed by atoms with Crippen LogP contribution in [0.25, 0.3) is 0 Å². The fraction of sp³-hybridized carbons (Fsp3) is 0.600. The van der Waals surface area contributed by atoms with Gasteiger partial charge in [-0.15, -0.1) is 0 Å². The maximum atomic E-state index is 12.2. The second-order valence-electron chi connectivity index (χ2n) is 5.37. The van der Waals surface area contributed by atoms with E-state index in [1.807, 2.05) is 6.07 Å². The van der Waals surface area contributed by atoms with E-state index in [0.29, 0.717) is 42.7 Å². The Morgan fingerprint density at radius 1 is 1.18 bits per heavy atom. The highest BCUT2D eigenvalue weighted by Crippen LogP contribution is 2.38. The van der Waals surface area contributed by atoms with Crippen molar-refractivity contribution in [3.63, 3.8) is 0 Å². The number of ether oxygens (including phenoxy) is 2. The van der Waals surface area contributed by atoms with Gasteiger partial charge in [0.15, 0.2) is 11.5 Å². The van der Waals surface area contributed by atoms with Crippen LogP contribution in [0.1, 0.15) is 18.4 Å². The highest BCUT2D eigenvalue weighted by molar-refractivity contribution is 6.32. The number of alkyl halides is 3. The van der Waals surface area contributed by atoms with Gasteiger partial charge >= 0.3 is 6.18 Å². The average molecular weight is 338 g/mol. The molecule has 1 aliphatic rings. The Kier molecular flexibility index (Phi) is 5.81. The van der Waals surface area contributed by atoms with Crippen LogP contribution >= 0.6 is 11.6 Å². The molecule has 2 rings (SSSR count). The van der Waals surface area contributed by atoms with Crippen LogP contribution in [0.15, 0.2) is 12.1 Å². The fourth-order valence-corrected chi connectivity index (χ4v) is 2.47. The molecule has 0 fully saturated rings. The van der Waals surface area contributed by atoms with Gasteiger partial charge in [0.2, 0.25) is 0 Å². The van der Waals surface area contributed by atoms with Crippen molar-refractivity contribution in [2.75, 3.05) is 33.4 Å². The van der Waals surface area contributed by atoms with Gasteiger partial charge in [-0.05, 0) is 31.2 Å². The number of benzene rings is 1. The van der Waals surface area contributed by atoms with Crippen LogP contribution in [0.2, 0.25) is 5.02 Å². The van der Waals surface area contributed by atoms with E-state index in [1.165, 1.54) is 0 Å². The predicted molar refractivity (Wildman–Crippen MR) is 78.9 cm³/mol. The van der Waals surface area contributed by atoms with E-state index >= 15 is 0 Å². The number of hydrogen-bond acceptors (Lipinski definition) is 3. The second kappa shape index (κ2) is 7.42. The van der Waals surface area contributed by atoms with Crippen molar-refractivity contribution in [3.8, 4) is 11.5 Å². The summed E-state index contributed by atoms with van der Waals surface area (Å²) in [5, 5.41) is 0.479. The molecule has 0 bridgehead atoms. The Labute approximate surface area is 132 Å². The molecule has 0 amide bonds. The van der Waals surface area contributed by atoms with Gasteiger partial charge in [0.25, 0.3) is 0 Å². The first-order chi connectivity index (χ1) is 10.3. The zero-order valence-electron chi connectivity index (χ0n) is 12.4. The van der Waals surface area contributed by atoms with E-state index in [4.69, 9.17) is 21.1 Å². The third-order valence-corrected chi connectivity index (χ3v) is 3.70. The minimum atomic E-state index is -4.12. The van der Waals surface area contributed by atoms with Crippen LogP contribution in [0.3, 0.4) is 0 Å². The van der Waals surface area contributed by atoms with Crippen LogP contribution < -0.4 is 9.47 Å². The van der Waals surface area contributed by atoms with Gasteiger partial charge in [0.1, 0.15) is 0 Å². The van der Waals surface area contributed by atoms with Gasteiger partial charge in [-0.25, -0.2) is 0 Å². The molecular weight excluding hydrogens is 319 g/mol. The van der Waals surface area contributed by atoms with E-state index in [2.05, 4.69) is 0 Å². The summed E-state index contributed by atoms with van der Waals surface area (Å²) in [5.41, 5.74) is 0.924. The van der Waals surface area contributed by atoms with Crippen molar-refractivity contribution >= 4 is 11.6 Å². The number of rotatable bonds is 5. The van der Waals surface area contributed by atoms with E-state index < -0.39 is 12.6 Å². The van der Waals surface area contributed by atoms with Crippen LogP contribution in [-0.2, 0) is 6.42 Å². The Morgan fingerprint density at radius 3 is 2.64 bits per heavy atom. The summed E-state index contributed by atoms with van der Waals surface area (Å²) in [4.78, 5) is 1.66. The summed E-state index contributed by atoms with van der Waals surface area (Å²) in [7, 11) is 1.68. The van der Waals surface area contributed by atoms with Crippen LogP contribution in [0.5, 0.6) is 11.5 Å². The molecule has 1 heterocycles. The summed E-state index contributed by atoms with van der Waals surface area (Å²) >= 11 is 6.19. The van der Waals surface area contributed by atoms with Crippen LogP contribution in [-0.4, -0.2) is 44.4 Å². The van der Waals surface area contributed by atoms with Crippen molar-refractivity contribution in [3.05, 3.63) is 22.7 Å². The van der Waals surface area contributed by atoms with Gasteiger partial charge in [0, 0.05) is 19.5 Å². The van der Waals surface area contributed by atoms with Crippen molar-refractivity contribution < 1.29 is 22.6 Å². The van der Waals surface area contributed by atoms with Crippen molar-refractivity contribution in [1.82, 2.24) is 4.90 Å². The quantitative estimate of drug-likeness (QED) is 0.812. The summed E-state index contributed by atoms with van der Waals surface area (Å²) in [6.45, 7) is 1.64. The van der Waals surface area contributed by atoms with Gasteiger partial charge in [-0.2, -0.15) is 13.2 Å². The molecule has 0 N–H and O–H groups in total. The van der Waals surface area contributed by atoms with E-state index in [0.717, 1.165) is 12.0 Å². The largest absolute Gasteiger partial charge is 0.489 e. The smallest absolute Gasteiger partial charge is 0.390 e. The topological polar surface area (TPSA) is 21.7 Å². The first-order valence-electron chi connectivity index (χ1n) is 7.18. The molecule has 0 aromatic heterocycles. The highest BCUT2D eigenvalue weighted by Gasteiger charge is 2.27. The van der Waals surface area contributed by atoms with Crippen molar-refractivity contribution in [2.45, 2.75) is 25.4 Å². The van der Waals surface area contributed by atoms with E-state index in [1.54, 1.807) is 18.0 Å². The number of nitrogens with zero attached hydrogens (tertiary/aromatic N) is 1. The molecule has 7 heteroatoms. The Bertz CT molecular complexity index is 508. The zero-order valence-corrected chi connectivity index (χ0v) is 13.1. The second-order valence-corrected chi connectivity index (χ2v) is 5.78. The number of likely N-dealkylation sites (N-methyl/N-ethyl adjacent to an activating group) is 1. The maximum absolute atomic E-state index is 12.2. The molecule has 0 spiro atoms. The standard InChI is InChI=1S/C15H19ClF3NO2/c1-20(6-4-15(17,18)19)5-3-11-9-12(16)14-13(10-11)21-7-2-8-22-14/h9-10H,2-8H2,1H3. The molecule has 124 valence electrons. The summed E-state index contributed by atoms with van der Waals surface area (Å²) in [6.07, 6.45) is -3.52. The first-order valence-corrected chi connectivity index (χ1v) is 7.56. The number of halogens is 4. The molecule has 0 saturated heterocycles. The number of hydrogen-bond donors (Lipinski definition) is 0.